The number of amides is 2. The number of aromatic nitrogens is 2. The average molecular weight is 455 g/mol. The average Bonchev–Trinajstić information content (AvgIpc) is 3.35. The number of hydrogen-bond donors (Lipinski definition) is 1. The van der Waals surface area contributed by atoms with E-state index in [1.54, 1.807) is 7.11 Å². The van der Waals surface area contributed by atoms with Crippen molar-refractivity contribution >= 4 is 11.8 Å². The predicted molar refractivity (Wildman–Crippen MR) is 124 cm³/mol. The Kier molecular flexibility index (Phi) is 6.74. The van der Waals surface area contributed by atoms with E-state index in [9.17, 15) is 9.59 Å². The minimum atomic E-state index is -0.521. The zero-order chi connectivity index (χ0) is 23.7. The second kappa shape index (κ2) is 9.55. The molecular formula is C25H34N4O4. The molecule has 0 bridgehead atoms. The van der Waals surface area contributed by atoms with Crippen molar-refractivity contribution in [3.05, 3.63) is 46.3 Å². The molecule has 178 valence electrons. The fraction of sp³-hybridized carbons (Fsp3) is 0.560. The summed E-state index contributed by atoms with van der Waals surface area (Å²) >= 11 is 0. The van der Waals surface area contributed by atoms with Crippen LogP contribution < -0.4 is 10.5 Å². The topological polar surface area (TPSA) is 99.7 Å². The first-order chi connectivity index (χ1) is 15.8. The second-order valence-corrected chi connectivity index (χ2v) is 9.21. The van der Waals surface area contributed by atoms with Crippen molar-refractivity contribution in [3.63, 3.8) is 0 Å². The molecule has 1 aromatic heterocycles. The highest BCUT2D eigenvalue weighted by molar-refractivity contribution is 5.77. The minimum absolute atomic E-state index is 0.0111. The van der Waals surface area contributed by atoms with Crippen molar-refractivity contribution in [1.29, 1.82) is 0 Å². The van der Waals surface area contributed by atoms with Crippen molar-refractivity contribution in [3.8, 4) is 5.75 Å². The van der Waals surface area contributed by atoms with Gasteiger partial charge in [0.2, 0.25) is 11.8 Å². The maximum atomic E-state index is 13.6. The number of rotatable bonds is 7. The molecule has 2 heterocycles. The molecule has 1 aliphatic heterocycles. The summed E-state index contributed by atoms with van der Waals surface area (Å²) in [5.74, 6) is 0.648. The third-order valence-corrected chi connectivity index (χ3v) is 7.14. The summed E-state index contributed by atoms with van der Waals surface area (Å²) in [5, 5.41) is 4.82. The molecule has 3 atom stereocenters. The van der Waals surface area contributed by atoms with E-state index in [0.717, 1.165) is 47.5 Å². The highest BCUT2D eigenvalue weighted by Gasteiger charge is 2.40. The Bertz CT molecular complexity index is 1050. The molecule has 2 amide bonds. The Hall–Kier alpha value is -2.87. The van der Waals surface area contributed by atoms with Crippen LogP contribution >= 0.6 is 0 Å². The lowest BCUT2D eigenvalue weighted by Crippen LogP contribution is -2.37. The molecule has 0 spiro atoms. The van der Waals surface area contributed by atoms with Crippen LogP contribution in [0.4, 0.5) is 0 Å². The van der Waals surface area contributed by atoms with Gasteiger partial charge in [0.15, 0.2) is 0 Å². The van der Waals surface area contributed by atoms with Gasteiger partial charge in [0.1, 0.15) is 18.9 Å². The van der Waals surface area contributed by atoms with E-state index in [-0.39, 0.29) is 31.2 Å². The van der Waals surface area contributed by atoms with Gasteiger partial charge < -0.3 is 20.1 Å². The smallest absolute Gasteiger partial charge is 0.244 e. The number of carbonyl (C=O) groups excluding carboxylic acids is 2. The van der Waals surface area contributed by atoms with E-state index >= 15 is 0 Å². The lowest BCUT2D eigenvalue weighted by molar-refractivity contribution is -0.135. The molecule has 33 heavy (non-hydrogen) atoms. The first-order valence-corrected chi connectivity index (χ1v) is 11.7. The van der Waals surface area contributed by atoms with Gasteiger partial charge in [-0.05, 0) is 62.3 Å². The van der Waals surface area contributed by atoms with Crippen molar-refractivity contribution in [2.45, 2.75) is 71.1 Å². The van der Waals surface area contributed by atoms with Gasteiger partial charge in [-0.25, -0.2) is 0 Å². The van der Waals surface area contributed by atoms with Crippen molar-refractivity contribution in [2.24, 2.45) is 5.73 Å². The van der Waals surface area contributed by atoms with Gasteiger partial charge >= 0.3 is 0 Å². The highest BCUT2D eigenvalue weighted by Crippen LogP contribution is 2.39. The summed E-state index contributed by atoms with van der Waals surface area (Å²) in [7, 11) is 1.63. The molecule has 1 saturated heterocycles. The highest BCUT2D eigenvalue weighted by atomic mass is 16.5. The fourth-order valence-electron chi connectivity index (χ4n) is 5.35. The van der Waals surface area contributed by atoms with Crippen LogP contribution in [-0.4, -0.2) is 52.9 Å². The summed E-state index contributed by atoms with van der Waals surface area (Å²) in [6, 6.07) is 5.49. The molecule has 0 unspecified atom stereocenters. The molecule has 4 rings (SSSR count). The molecule has 0 radical (unpaired) electrons. The van der Waals surface area contributed by atoms with Crippen LogP contribution in [-0.2, 0) is 27.3 Å². The number of ether oxygens (including phenoxy) is 2. The number of benzene rings is 1. The van der Waals surface area contributed by atoms with Crippen LogP contribution in [0.25, 0.3) is 0 Å². The molecule has 1 fully saturated rings. The Balaban J connectivity index is 1.63. The first kappa shape index (κ1) is 23.3. The largest absolute Gasteiger partial charge is 0.496 e. The van der Waals surface area contributed by atoms with Gasteiger partial charge in [0.05, 0.1) is 24.9 Å². The van der Waals surface area contributed by atoms with Crippen LogP contribution in [0, 0.1) is 13.8 Å². The maximum Gasteiger partial charge on any atom is 0.244 e. The fourth-order valence-corrected chi connectivity index (χ4v) is 5.35. The molecule has 8 heteroatoms. The quantitative estimate of drug-likeness (QED) is 0.694. The zero-order valence-electron chi connectivity index (χ0n) is 20.0. The first-order valence-electron chi connectivity index (χ1n) is 11.7. The van der Waals surface area contributed by atoms with E-state index in [2.05, 4.69) is 13.8 Å². The van der Waals surface area contributed by atoms with Crippen molar-refractivity contribution in [1.82, 2.24) is 14.7 Å². The lowest BCUT2D eigenvalue weighted by Gasteiger charge is -2.30. The monoisotopic (exact) mass is 454 g/mol. The van der Waals surface area contributed by atoms with Crippen molar-refractivity contribution < 1.29 is 19.1 Å². The van der Waals surface area contributed by atoms with Crippen LogP contribution in [0.5, 0.6) is 5.75 Å². The summed E-state index contributed by atoms with van der Waals surface area (Å²) < 4.78 is 13.2. The minimum Gasteiger partial charge on any atom is -0.496 e. The second-order valence-electron chi connectivity index (χ2n) is 9.21. The van der Waals surface area contributed by atoms with Gasteiger partial charge in [-0.1, -0.05) is 19.1 Å². The number of fused-ring (bicyclic) bond motifs is 1. The van der Waals surface area contributed by atoms with Gasteiger partial charge in [-0.3, -0.25) is 14.3 Å². The van der Waals surface area contributed by atoms with Crippen LogP contribution in [0.15, 0.2) is 18.2 Å². The summed E-state index contributed by atoms with van der Waals surface area (Å²) in [6.45, 7) is 6.80. The number of primary amides is 1. The molecule has 2 aromatic rings. The van der Waals surface area contributed by atoms with Gasteiger partial charge in [-0.2, -0.15) is 5.10 Å². The van der Waals surface area contributed by atoms with Gasteiger partial charge in [0.25, 0.3) is 0 Å². The molecule has 1 aromatic carbocycles. The summed E-state index contributed by atoms with van der Waals surface area (Å²) in [5.41, 5.74) is 10.8. The molecule has 1 aliphatic carbocycles. The van der Waals surface area contributed by atoms with E-state index in [4.69, 9.17) is 20.3 Å². The predicted octanol–water partition coefficient (Wildman–Crippen LogP) is 2.79. The maximum absolute atomic E-state index is 13.6. The molecule has 2 aliphatic rings. The van der Waals surface area contributed by atoms with Crippen LogP contribution in [0.3, 0.4) is 0 Å². The van der Waals surface area contributed by atoms with Crippen LogP contribution in [0.1, 0.15) is 66.2 Å². The normalized spacial score (nSPS) is 22.3. The van der Waals surface area contributed by atoms with Crippen molar-refractivity contribution in [2.75, 3.05) is 20.3 Å². The Morgan fingerprint density at radius 2 is 2.03 bits per heavy atom. The Labute approximate surface area is 195 Å². The number of hydrogen-bond acceptors (Lipinski definition) is 5. The van der Waals surface area contributed by atoms with Crippen LogP contribution in [0.2, 0.25) is 0 Å². The number of methoxy groups -OCH3 is 1. The summed E-state index contributed by atoms with van der Waals surface area (Å²) in [4.78, 5) is 26.8. The number of carbonyl (C=O) groups is 2. The lowest BCUT2D eigenvalue weighted by atomic mass is 9.88. The van der Waals surface area contributed by atoms with E-state index in [1.165, 1.54) is 5.56 Å². The van der Waals surface area contributed by atoms with E-state index in [1.807, 2.05) is 34.7 Å². The van der Waals surface area contributed by atoms with Gasteiger partial charge in [0, 0.05) is 18.2 Å². The SMILES string of the molecule is COc1cccc([C@@H]2[C@H](OCC(N)=O)CCN2C(=O)Cn2nc3c(c2C)CCC[C@@H]3C)c1C. The number of likely N-dealkylation sites (tertiary alicyclic amines) is 1. The van der Waals surface area contributed by atoms with Gasteiger partial charge in [-0.15, -0.1) is 0 Å². The number of nitrogens with zero attached hydrogens (tertiary/aromatic N) is 3. The number of nitrogens with two attached hydrogens (primary N) is 1. The molecule has 2 N–H and O–H groups in total. The molecular weight excluding hydrogens is 420 g/mol. The van der Waals surface area contributed by atoms with E-state index in [0.29, 0.717) is 18.9 Å². The zero-order valence-corrected chi connectivity index (χ0v) is 20.0. The molecule has 0 saturated carbocycles. The third-order valence-electron chi connectivity index (χ3n) is 7.14. The third kappa shape index (κ3) is 4.49. The summed E-state index contributed by atoms with van der Waals surface area (Å²) in [6.07, 6.45) is 3.64. The Morgan fingerprint density at radius 1 is 1.24 bits per heavy atom. The molecule has 8 nitrogen and oxygen atoms in total. The Morgan fingerprint density at radius 3 is 2.73 bits per heavy atom. The standard InChI is InChI=1S/C25H34N4O4/c1-15-7-5-9-19-17(3)29(27-24(15)19)13-23(31)28-12-11-21(33-14-22(26)30)25(28)18-8-6-10-20(32-4)16(18)2/h6,8,10,15,21,25H,5,7,9,11-14H2,1-4H3,(H2,26,30)/t15-,21+,25+/m0/s1. The van der Waals surface area contributed by atoms with E-state index < -0.39 is 5.91 Å².